The Labute approximate surface area is 108 Å². The predicted octanol–water partition coefficient (Wildman–Crippen LogP) is 1.46. The largest absolute Gasteiger partial charge is 0.478 e. The number of carboxylic acids is 1. The number of amides is 1. The number of nitrogens with one attached hydrogen (secondary N) is 2. The average Bonchev–Trinajstić information content (AvgIpc) is 2.32. The fourth-order valence-electron chi connectivity index (χ4n) is 1.46. The Hall–Kier alpha value is -2.02. The number of carbonyl (C=O) groups is 2. The van der Waals surface area contributed by atoms with E-state index in [9.17, 15) is 18.4 Å². The lowest BCUT2D eigenvalue weighted by Crippen LogP contribution is -2.29. The molecule has 1 aromatic rings. The fourth-order valence-corrected chi connectivity index (χ4v) is 1.46. The highest BCUT2D eigenvalue weighted by Gasteiger charge is 2.18. The van der Waals surface area contributed by atoms with E-state index in [-0.39, 0.29) is 5.69 Å². The quantitative estimate of drug-likeness (QED) is 0.758. The molecule has 1 atom stereocenters. The van der Waals surface area contributed by atoms with Crippen LogP contribution in [0.4, 0.5) is 14.5 Å². The average molecular weight is 272 g/mol. The third-order valence-corrected chi connectivity index (χ3v) is 2.50. The molecule has 104 valence electrons. The van der Waals surface area contributed by atoms with Gasteiger partial charge in [-0.05, 0) is 13.1 Å². The zero-order valence-corrected chi connectivity index (χ0v) is 10.5. The van der Waals surface area contributed by atoms with E-state index >= 15 is 0 Å². The minimum Gasteiger partial charge on any atom is -0.478 e. The third-order valence-electron chi connectivity index (χ3n) is 2.50. The van der Waals surface area contributed by atoms with Gasteiger partial charge in [0.2, 0.25) is 5.91 Å². The monoisotopic (exact) mass is 272 g/mol. The molecule has 5 nitrogen and oxygen atoms in total. The van der Waals surface area contributed by atoms with Gasteiger partial charge in [0.1, 0.15) is 11.6 Å². The maximum absolute atomic E-state index is 13.4. The maximum atomic E-state index is 13.4. The van der Waals surface area contributed by atoms with Crippen molar-refractivity contribution in [3.05, 3.63) is 29.3 Å². The molecule has 1 amide bonds. The second-order valence-corrected chi connectivity index (χ2v) is 4.07. The van der Waals surface area contributed by atoms with Crippen molar-refractivity contribution in [2.75, 3.05) is 18.9 Å². The van der Waals surface area contributed by atoms with Crippen LogP contribution in [0.2, 0.25) is 0 Å². The van der Waals surface area contributed by atoms with E-state index in [4.69, 9.17) is 5.11 Å². The molecule has 19 heavy (non-hydrogen) atoms. The molecule has 0 aromatic heterocycles. The summed E-state index contributed by atoms with van der Waals surface area (Å²) in [6.45, 7) is 1.99. The molecule has 0 saturated carbocycles. The Morgan fingerprint density at radius 2 is 1.95 bits per heavy atom. The smallest absolute Gasteiger partial charge is 0.338 e. The number of benzene rings is 1. The number of hydrogen-bond acceptors (Lipinski definition) is 3. The molecule has 0 aliphatic rings. The number of hydrogen-bond donors (Lipinski definition) is 3. The molecule has 0 spiro atoms. The van der Waals surface area contributed by atoms with Crippen molar-refractivity contribution < 1.29 is 23.5 Å². The number of anilines is 1. The van der Waals surface area contributed by atoms with E-state index < -0.39 is 35.0 Å². The van der Waals surface area contributed by atoms with Crippen molar-refractivity contribution in [3.63, 3.8) is 0 Å². The third kappa shape index (κ3) is 3.72. The minimum absolute atomic E-state index is 0.355. The highest BCUT2D eigenvalue weighted by molar-refractivity contribution is 5.95. The van der Waals surface area contributed by atoms with E-state index in [1.54, 1.807) is 14.0 Å². The number of carbonyl (C=O) groups excluding carboxylic acids is 1. The molecule has 0 bridgehead atoms. The van der Waals surface area contributed by atoms with Gasteiger partial charge in [0, 0.05) is 18.5 Å². The van der Waals surface area contributed by atoms with Crippen LogP contribution in [0.15, 0.2) is 12.1 Å². The first kappa shape index (κ1) is 15.0. The van der Waals surface area contributed by atoms with Crippen LogP contribution < -0.4 is 10.6 Å². The first-order valence-electron chi connectivity index (χ1n) is 5.54. The normalized spacial score (nSPS) is 12.0. The molecular weight excluding hydrogens is 258 g/mol. The van der Waals surface area contributed by atoms with Crippen molar-refractivity contribution in [3.8, 4) is 0 Å². The summed E-state index contributed by atoms with van der Waals surface area (Å²) < 4.78 is 26.6. The number of aromatic carboxylic acids is 1. The van der Waals surface area contributed by atoms with Crippen molar-refractivity contribution >= 4 is 17.6 Å². The zero-order chi connectivity index (χ0) is 14.6. The lowest BCUT2D eigenvalue weighted by Gasteiger charge is -2.12. The summed E-state index contributed by atoms with van der Waals surface area (Å²) in [6, 6.07) is 1.19. The Bertz CT molecular complexity index is 506. The second-order valence-electron chi connectivity index (χ2n) is 4.07. The molecule has 0 aliphatic carbocycles. The van der Waals surface area contributed by atoms with E-state index in [2.05, 4.69) is 10.6 Å². The Kier molecular flexibility index (Phi) is 4.94. The molecule has 1 aromatic carbocycles. The van der Waals surface area contributed by atoms with Gasteiger partial charge in [-0.2, -0.15) is 0 Å². The van der Waals surface area contributed by atoms with Gasteiger partial charge in [-0.1, -0.05) is 6.92 Å². The summed E-state index contributed by atoms with van der Waals surface area (Å²) in [5.41, 5.74) is -1.05. The van der Waals surface area contributed by atoms with Crippen LogP contribution in [0.3, 0.4) is 0 Å². The van der Waals surface area contributed by atoms with Gasteiger partial charge < -0.3 is 15.7 Å². The summed E-state index contributed by atoms with van der Waals surface area (Å²) in [4.78, 5) is 22.4. The molecule has 0 radical (unpaired) electrons. The molecule has 0 saturated heterocycles. The van der Waals surface area contributed by atoms with Crippen LogP contribution in [0.25, 0.3) is 0 Å². The summed E-state index contributed by atoms with van der Waals surface area (Å²) >= 11 is 0. The summed E-state index contributed by atoms with van der Waals surface area (Å²) in [7, 11) is 1.66. The predicted molar refractivity (Wildman–Crippen MR) is 65.0 cm³/mol. The fraction of sp³-hybridized carbons (Fsp3) is 0.333. The first-order chi connectivity index (χ1) is 8.86. The van der Waals surface area contributed by atoms with Crippen LogP contribution in [0, 0.1) is 17.6 Å². The zero-order valence-electron chi connectivity index (χ0n) is 10.5. The van der Waals surface area contributed by atoms with Crippen molar-refractivity contribution in [2.24, 2.45) is 5.92 Å². The van der Waals surface area contributed by atoms with E-state index in [1.165, 1.54) is 0 Å². The van der Waals surface area contributed by atoms with Gasteiger partial charge in [0.05, 0.1) is 11.3 Å². The van der Waals surface area contributed by atoms with Gasteiger partial charge in [0.25, 0.3) is 0 Å². The summed E-state index contributed by atoms with van der Waals surface area (Å²) in [6.07, 6.45) is 0. The number of carboxylic acid groups (broad SMARTS) is 1. The minimum atomic E-state index is -1.53. The highest BCUT2D eigenvalue weighted by Crippen LogP contribution is 2.20. The van der Waals surface area contributed by atoms with Crippen LogP contribution >= 0.6 is 0 Å². The van der Waals surface area contributed by atoms with Crippen LogP contribution in [0.5, 0.6) is 0 Å². The molecule has 1 rings (SSSR count). The molecule has 1 unspecified atom stereocenters. The van der Waals surface area contributed by atoms with E-state index in [1.807, 2.05) is 0 Å². The standard InChI is InChI=1S/C12H14F2N2O3/c1-6(5-15-2)11(17)16-10-3-7(12(18)19)8(13)4-9(10)14/h3-4,6,15H,5H2,1-2H3,(H,16,17)(H,18,19). The van der Waals surface area contributed by atoms with Crippen molar-refractivity contribution in [2.45, 2.75) is 6.92 Å². The molecular formula is C12H14F2N2O3. The van der Waals surface area contributed by atoms with Gasteiger partial charge >= 0.3 is 5.97 Å². The molecule has 3 N–H and O–H groups in total. The van der Waals surface area contributed by atoms with E-state index in [0.29, 0.717) is 12.6 Å². The van der Waals surface area contributed by atoms with Gasteiger partial charge in [-0.25, -0.2) is 13.6 Å². The SMILES string of the molecule is CNCC(C)C(=O)Nc1cc(C(=O)O)c(F)cc1F. The number of halogens is 2. The second kappa shape index (κ2) is 6.24. The molecule has 0 aliphatic heterocycles. The Morgan fingerprint density at radius 1 is 1.32 bits per heavy atom. The van der Waals surface area contributed by atoms with Gasteiger partial charge in [-0.15, -0.1) is 0 Å². The van der Waals surface area contributed by atoms with Crippen LogP contribution in [-0.4, -0.2) is 30.6 Å². The summed E-state index contributed by atoms with van der Waals surface area (Å²) in [5.74, 6) is -4.67. The van der Waals surface area contributed by atoms with Crippen LogP contribution in [0.1, 0.15) is 17.3 Å². The topological polar surface area (TPSA) is 78.4 Å². The Morgan fingerprint density at radius 3 is 2.47 bits per heavy atom. The van der Waals surface area contributed by atoms with Crippen molar-refractivity contribution in [1.29, 1.82) is 0 Å². The summed E-state index contributed by atoms with van der Waals surface area (Å²) in [5, 5.41) is 13.7. The molecule has 7 heteroatoms. The lowest BCUT2D eigenvalue weighted by atomic mass is 10.1. The number of rotatable bonds is 5. The maximum Gasteiger partial charge on any atom is 0.338 e. The molecule has 0 heterocycles. The van der Waals surface area contributed by atoms with Crippen molar-refractivity contribution in [1.82, 2.24) is 5.32 Å². The highest BCUT2D eigenvalue weighted by atomic mass is 19.1. The Balaban J connectivity index is 2.98. The van der Waals surface area contributed by atoms with E-state index in [0.717, 1.165) is 6.07 Å². The van der Waals surface area contributed by atoms with Crippen LogP contribution in [-0.2, 0) is 4.79 Å². The molecule has 0 fully saturated rings. The first-order valence-corrected chi connectivity index (χ1v) is 5.54. The van der Waals surface area contributed by atoms with Gasteiger partial charge in [0.15, 0.2) is 0 Å². The lowest BCUT2D eigenvalue weighted by molar-refractivity contribution is -0.119. The van der Waals surface area contributed by atoms with Gasteiger partial charge in [-0.3, -0.25) is 4.79 Å².